The van der Waals surface area contributed by atoms with Gasteiger partial charge in [-0.05, 0) is 37.6 Å². The molecule has 0 fully saturated rings. The van der Waals surface area contributed by atoms with Crippen LogP contribution in [0.15, 0.2) is 41.2 Å². The van der Waals surface area contributed by atoms with Crippen LogP contribution in [0, 0.1) is 0 Å². The Labute approximate surface area is 122 Å². The molecule has 1 aromatic carbocycles. The van der Waals surface area contributed by atoms with Crippen molar-refractivity contribution in [3.8, 4) is 0 Å². The molecule has 1 aromatic heterocycles. The Morgan fingerprint density at radius 2 is 1.90 bits per heavy atom. The summed E-state index contributed by atoms with van der Waals surface area (Å²) in [5.41, 5.74) is 7.21. The molecule has 0 aliphatic carbocycles. The van der Waals surface area contributed by atoms with Gasteiger partial charge in [-0.1, -0.05) is 12.1 Å². The minimum absolute atomic E-state index is 0.00350. The van der Waals surface area contributed by atoms with Gasteiger partial charge in [-0.15, -0.1) is 0 Å². The monoisotopic (exact) mass is 286 g/mol. The van der Waals surface area contributed by atoms with E-state index in [4.69, 9.17) is 5.73 Å². The Morgan fingerprint density at radius 1 is 1.24 bits per heavy atom. The van der Waals surface area contributed by atoms with E-state index in [1.165, 1.54) is 12.1 Å². The number of nitrogen functional groups attached to an aromatic ring is 1. The van der Waals surface area contributed by atoms with Gasteiger partial charge in [-0.2, -0.15) is 5.10 Å². The molecule has 1 amide bonds. The Morgan fingerprint density at radius 3 is 2.43 bits per heavy atom. The van der Waals surface area contributed by atoms with Gasteiger partial charge in [-0.3, -0.25) is 9.59 Å². The third-order valence-electron chi connectivity index (χ3n) is 3.12. The van der Waals surface area contributed by atoms with Crippen molar-refractivity contribution < 1.29 is 4.79 Å². The summed E-state index contributed by atoms with van der Waals surface area (Å²) >= 11 is 0. The highest BCUT2D eigenvalue weighted by Crippen LogP contribution is 2.13. The maximum absolute atomic E-state index is 12.5. The molecule has 6 nitrogen and oxygen atoms in total. The molecule has 0 saturated heterocycles. The molecule has 1 heterocycles. The molecule has 6 heteroatoms. The summed E-state index contributed by atoms with van der Waals surface area (Å²) in [5.74, 6) is -0.224. The minimum Gasteiger partial charge on any atom is -0.399 e. The van der Waals surface area contributed by atoms with Gasteiger partial charge in [0.2, 0.25) is 0 Å². The van der Waals surface area contributed by atoms with Crippen molar-refractivity contribution in [3.63, 3.8) is 0 Å². The molecule has 2 aromatic rings. The average molecular weight is 286 g/mol. The third kappa shape index (κ3) is 3.68. The number of H-pyrrole nitrogens is 1. The smallest absolute Gasteiger partial charge is 0.274 e. The van der Waals surface area contributed by atoms with E-state index in [-0.39, 0.29) is 23.2 Å². The van der Waals surface area contributed by atoms with Gasteiger partial charge in [0, 0.05) is 24.3 Å². The first-order valence-corrected chi connectivity index (χ1v) is 6.68. The van der Waals surface area contributed by atoms with E-state index in [1.807, 2.05) is 26.0 Å². The van der Waals surface area contributed by atoms with E-state index >= 15 is 0 Å². The molecular formula is C15H18N4O2. The van der Waals surface area contributed by atoms with Crippen molar-refractivity contribution in [2.24, 2.45) is 0 Å². The average Bonchev–Trinajstić information content (AvgIpc) is 2.46. The summed E-state index contributed by atoms with van der Waals surface area (Å²) < 4.78 is 0. The predicted molar refractivity (Wildman–Crippen MR) is 80.7 cm³/mol. The summed E-state index contributed by atoms with van der Waals surface area (Å²) in [4.78, 5) is 25.2. The van der Waals surface area contributed by atoms with Gasteiger partial charge in [-0.25, -0.2) is 5.10 Å². The standard InChI is InChI=1S/C15H18N4O2/c1-10(2)19(9-11-3-5-12(16)6-4-11)15(21)13-7-8-14(20)18-17-13/h3-8,10H,9,16H2,1-2H3,(H,18,20). The number of aromatic nitrogens is 2. The van der Waals surface area contributed by atoms with E-state index < -0.39 is 0 Å². The van der Waals surface area contributed by atoms with E-state index in [0.717, 1.165) is 5.56 Å². The largest absolute Gasteiger partial charge is 0.399 e. The topological polar surface area (TPSA) is 92.1 Å². The van der Waals surface area contributed by atoms with Crippen LogP contribution in [-0.4, -0.2) is 27.0 Å². The van der Waals surface area contributed by atoms with Crippen molar-refractivity contribution in [2.75, 3.05) is 5.73 Å². The molecule has 3 N–H and O–H groups in total. The van der Waals surface area contributed by atoms with Crippen molar-refractivity contribution in [1.82, 2.24) is 15.1 Å². The van der Waals surface area contributed by atoms with Gasteiger partial charge >= 0.3 is 0 Å². The highest BCUT2D eigenvalue weighted by atomic mass is 16.2. The van der Waals surface area contributed by atoms with Crippen LogP contribution >= 0.6 is 0 Å². The summed E-state index contributed by atoms with van der Waals surface area (Å²) in [6.45, 7) is 4.32. The van der Waals surface area contributed by atoms with Crippen LogP contribution in [0.4, 0.5) is 5.69 Å². The first-order valence-electron chi connectivity index (χ1n) is 6.68. The normalized spacial score (nSPS) is 10.6. The lowest BCUT2D eigenvalue weighted by Crippen LogP contribution is -2.37. The van der Waals surface area contributed by atoms with Crippen molar-refractivity contribution in [2.45, 2.75) is 26.4 Å². The molecule has 0 saturated carbocycles. The highest BCUT2D eigenvalue weighted by molar-refractivity contribution is 5.92. The predicted octanol–water partition coefficient (Wildman–Crippen LogP) is 1.40. The zero-order valence-corrected chi connectivity index (χ0v) is 12.0. The molecule has 0 spiro atoms. The number of hydrogen-bond donors (Lipinski definition) is 2. The fourth-order valence-electron chi connectivity index (χ4n) is 1.92. The van der Waals surface area contributed by atoms with Crippen molar-refractivity contribution >= 4 is 11.6 Å². The lowest BCUT2D eigenvalue weighted by atomic mass is 10.1. The van der Waals surface area contributed by atoms with E-state index in [9.17, 15) is 9.59 Å². The molecule has 0 bridgehead atoms. The van der Waals surface area contributed by atoms with E-state index in [2.05, 4.69) is 10.2 Å². The minimum atomic E-state index is -0.332. The number of benzene rings is 1. The molecule has 0 radical (unpaired) electrons. The summed E-state index contributed by atoms with van der Waals surface area (Å²) in [6.07, 6.45) is 0. The van der Waals surface area contributed by atoms with Crippen LogP contribution in [0.25, 0.3) is 0 Å². The van der Waals surface area contributed by atoms with Crippen LogP contribution in [-0.2, 0) is 6.54 Å². The van der Waals surface area contributed by atoms with Crippen LogP contribution in [0.5, 0.6) is 0 Å². The zero-order valence-electron chi connectivity index (χ0n) is 12.0. The summed E-state index contributed by atoms with van der Waals surface area (Å²) in [7, 11) is 0. The lowest BCUT2D eigenvalue weighted by Gasteiger charge is -2.26. The van der Waals surface area contributed by atoms with E-state index in [0.29, 0.717) is 12.2 Å². The lowest BCUT2D eigenvalue weighted by molar-refractivity contribution is 0.0683. The molecular weight excluding hydrogens is 268 g/mol. The second kappa shape index (κ2) is 6.21. The fourth-order valence-corrected chi connectivity index (χ4v) is 1.92. The Balaban J connectivity index is 2.22. The maximum Gasteiger partial charge on any atom is 0.274 e. The number of nitrogens with one attached hydrogen (secondary N) is 1. The molecule has 21 heavy (non-hydrogen) atoms. The third-order valence-corrected chi connectivity index (χ3v) is 3.12. The van der Waals surface area contributed by atoms with Crippen LogP contribution in [0.1, 0.15) is 29.9 Å². The second-order valence-electron chi connectivity index (χ2n) is 5.07. The molecule has 2 rings (SSSR count). The zero-order chi connectivity index (χ0) is 15.4. The number of rotatable bonds is 4. The second-order valence-corrected chi connectivity index (χ2v) is 5.07. The van der Waals surface area contributed by atoms with Gasteiger partial charge in [0.25, 0.3) is 11.5 Å². The summed E-state index contributed by atoms with van der Waals surface area (Å²) in [5, 5.41) is 6.06. The fraction of sp³-hybridized carbons (Fsp3) is 0.267. The SMILES string of the molecule is CC(C)N(Cc1ccc(N)cc1)C(=O)c1ccc(=O)[nH]n1. The number of hydrogen-bond acceptors (Lipinski definition) is 4. The number of anilines is 1. The summed E-state index contributed by atoms with van der Waals surface area (Å²) in [6, 6.07) is 10.1. The molecule has 0 aliphatic heterocycles. The van der Waals surface area contributed by atoms with E-state index in [1.54, 1.807) is 17.0 Å². The molecule has 0 unspecified atom stereocenters. The number of carbonyl (C=O) groups is 1. The Bertz CT molecular complexity index is 656. The van der Waals surface area contributed by atoms with Crippen molar-refractivity contribution in [3.05, 3.63) is 58.0 Å². The van der Waals surface area contributed by atoms with Crippen LogP contribution in [0.3, 0.4) is 0 Å². The highest BCUT2D eigenvalue weighted by Gasteiger charge is 2.20. The van der Waals surface area contributed by atoms with Crippen LogP contribution in [0.2, 0.25) is 0 Å². The molecule has 0 aliphatic rings. The number of amides is 1. The van der Waals surface area contributed by atoms with Gasteiger partial charge in [0.15, 0.2) is 0 Å². The number of aromatic amines is 1. The Kier molecular flexibility index (Phi) is 4.37. The Hall–Kier alpha value is -2.63. The molecule has 0 atom stereocenters. The van der Waals surface area contributed by atoms with Crippen LogP contribution < -0.4 is 11.3 Å². The number of nitrogens with zero attached hydrogens (tertiary/aromatic N) is 2. The quantitative estimate of drug-likeness (QED) is 0.831. The number of nitrogens with two attached hydrogens (primary N) is 1. The van der Waals surface area contributed by atoms with Gasteiger partial charge in [0.05, 0.1) is 0 Å². The molecule has 110 valence electrons. The number of carbonyl (C=O) groups excluding carboxylic acids is 1. The van der Waals surface area contributed by atoms with Gasteiger partial charge in [0.1, 0.15) is 5.69 Å². The first kappa shape index (κ1) is 14.8. The maximum atomic E-state index is 12.5. The van der Waals surface area contributed by atoms with Crippen molar-refractivity contribution in [1.29, 1.82) is 0 Å². The first-order chi connectivity index (χ1) is 9.97. The van der Waals surface area contributed by atoms with Gasteiger partial charge < -0.3 is 10.6 Å².